The minimum atomic E-state index is -0.275. The lowest BCUT2D eigenvalue weighted by molar-refractivity contribution is 0.468. The number of thiol groups is 1. The number of benzene rings is 5. The van der Waals surface area contributed by atoms with E-state index >= 15 is 0 Å². The van der Waals surface area contributed by atoms with E-state index in [1.807, 2.05) is 55.5 Å². The van der Waals surface area contributed by atoms with Gasteiger partial charge in [-0.05, 0) is 71.6 Å². The highest BCUT2D eigenvalue weighted by Crippen LogP contribution is 2.43. The Balaban J connectivity index is 1.73. The first-order valence-corrected chi connectivity index (χ1v) is 12.3. The van der Waals surface area contributed by atoms with Crippen LogP contribution in [0.1, 0.15) is 28.2 Å². The summed E-state index contributed by atoms with van der Waals surface area (Å²) in [6.07, 6.45) is 0. The molecule has 0 atom stereocenters. The van der Waals surface area contributed by atoms with Crippen molar-refractivity contribution < 1.29 is 20.4 Å². The van der Waals surface area contributed by atoms with Crippen LogP contribution in [-0.2, 0) is 0 Å². The zero-order valence-electron chi connectivity index (χ0n) is 20.1. The molecular formula is C32H26O4S. The Morgan fingerprint density at radius 3 is 1.35 bits per heavy atom. The Bertz CT molecular complexity index is 1510. The van der Waals surface area contributed by atoms with Gasteiger partial charge in [-0.15, -0.1) is 12.6 Å². The van der Waals surface area contributed by atoms with Crippen molar-refractivity contribution in [3.8, 4) is 45.3 Å². The van der Waals surface area contributed by atoms with Crippen molar-refractivity contribution in [3.05, 3.63) is 125 Å². The Labute approximate surface area is 221 Å². The maximum absolute atomic E-state index is 10.7. The second kappa shape index (κ2) is 9.96. The highest BCUT2D eigenvalue weighted by atomic mass is 32.1. The van der Waals surface area contributed by atoms with Gasteiger partial charge >= 0.3 is 0 Å². The van der Waals surface area contributed by atoms with E-state index in [2.05, 4.69) is 18.7 Å². The van der Waals surface area contributed by atoms with Gasteiger partial charge in [0.15, 0.2) is 0 Å². The first-order chi connectivity index (χ1) is 17.8. The van der Waals surface area contributed by atoms with Crippen LogP contribution in [0.5, 0.6) is 23.0 Å². The third kappa shape index (κ3) is 4.74. The SMILES string of the molecule is Cc1cc(C(c2ccc(O)c(-c3ccccc3O)c2)c2ccc(O)c(-c3ccccc3O)c2)ccc1S. The van der Waals surface area contributed by atoms with Crippen LogP contribution in [0.4, 0.5) is 0 Å². The molecule has 0 aliphatic carbocycles. The van der Waals surface area contributed by atoms with Gasteiger partial charge in [0, 0.05) is 33.1 Å². The molecule has 0 heterocycles. The number of para-hydroxylation sites is 2. The van der Waals surface area contributed by atoms with Gasteiger partial charge in [0.1, 0.15) is 23.0 Å². The summed E-state index contributed by atoms with van der Waals surface area (Å²) in [5.74, 6) is 0.00232. The molecule has 184 valence electrons. The van der Waals surface area contributed by atoms with Crippen LogP contribution in [-0.4, -0.2) is 20.4 Å². The molecule has 5 aromatic carbocycles. The zero-order chi connectivity index (χ0) is 26.1. The third-order valence-corrected chi connectivity index (χ3v) is 7.15. The molecular weight excluding hydrogens is 480 g/mol. The molecule has 4 nitrogen and oxygen atoms in total. The van der Waals surface area contributed by atoms with E-state index in [9.17, 15) is 20.4 Å². The van der Waals surface area contributed by atoms with Crippen molar-refractivity contribution >= 4 is 12.6 Å². The summed E-state index contributed by atoms with van der Waals surface area (Å²) in [7, 11) is 0. The molecule has 0 aliphatic heterocycles. The van der Waals surface area contributed by atoms with E-state index in [0.717, 1.165) is 27.1 Å². The van der Waals surface area contributed by atoms with Crippen LogP contribution >= 0.6 is 12.6 Å². The second-order valence-corrected chi connectivity index (χ2v) is 9.55. The molecule has 0 fully saturated rings. The number of rotatable bonds is 5. The first kappa shape index (κ1) is 24.3. The summed E-state index contributed by atoms with van der Waals surface area (Å²) < 4.78 is 0. The monoisotopic (exact) mass is 506 g/mol. The van der Waals surface area contributed by atoms with Gasteiger partial charge < -0.3 is 20.4 Å². The van der Waals surface area contributed by atoms with Crippen LogP contribution in [0, 0.1) is 6.92 Å². The number of aryl methyl sites for hydroxylation is 1. The van der Waals surface area contributed by atoms with Gasteiger partial charge in [0.2, 0.25) is 0 Å². The molecule has 0 unspecified atom stereocenters. The van der Waals surface area contributed by atoms with Gasteiger partial charge in [-0.2, -0.15) is 0 Å². The van der Waals surface area contributed by atoms with Crippen molar-refractivity contribution in [2.45, 2.75) is 17.7 Å². The lowest BCUT2D eigenvalue weighted by atomic mass is 9.82. The van der Waals surface area contributed by atoms with E-state index < -0.39 is 0 Å². The highest BCUT2D eigenvalue weighted by Gasteiger charge is 2.22. The summed E-state index contributed by atoms with van der Waals surface area (Å²) in [5.41, 5.74) is 5.88. The minimum Gasteiger partial charge on any atom is -0.507 e. The van der Waals surface area contributed by atoms with Crippen LogP contribution in [0.2, 0.25) is 0 Å². The summed E-state index contributed by atoms with van der Waals surface area (Å²) in [4.78, 5) is 0.878. The molecule has 0 saturated carbocycles. The Morgan fingerprint density at radius 2 is 0.892 bits per heavy atom. The van der Waals surface area contributed by atoms with Crippen molar-refractivity contribution in [1.82, 2.24) is 0 Å². The maximum atomic E-state index is 10.7. The van der Waals surface area contributed by atoms with Gasteiger partial charge in [-0.1, -0.05) is 60.7 Å². The Hall–Kier alpha value is -4.35. The van der Waals surface area contributed by atoms with Crippen LogP contribution in [0.3, 0.4) is 0 Å². The number of phenolic OH excluding ortho intramolecular Hbond substituents is 4. The van der Waals surface area contributed by atoms with Crippen molar-refractivity contribution in [2.75, 3.05) is 0 Å². The van der Waals surface area contributed by atoms with Gasteiger partial charge in [-0.25, -0.2) is 0 Å². The average molecular weight is 507 g/mol. The summed E-state index contributed by atoms with van der Waals surface area (Å²) in [6, 6.07) is 30.6. The predicted molar refractivity (Wildman–Crippen MR) is 150 cm³/mol. The van der Waals surface area contributed by atoms with Crippen LogP contribution < -0.4 is 0 Å². The highest BCUT2D eigenvalue weighted by molar-refractivity contribution is 7.80. The average Bonchev–Trinajstić information content (AvgIpc) is 2.89. The molecule has 5 aromatic rings. The van der Waals surface area contributed by atoms with Crippen LogP contribution in [0.15, 0.2) is 108 Å². The molecule has 0 aromatic heterocycles. The quantitative estimate of drug-likeness (QED) is 0.125. The van der Waals surface area contributed by atoms with Gasteiger partial charge in [-0.3, -0.25) is 0 Å². The fourth-order valence-corrected chi connectivity index (χ4v) is 4.88. The summed E-state index contributed by atoms with van der Waals surface area (Å²) in [6.45, 7) is 2.00. The smallest absolute Gasteiger partial charge is 0.123 e. The normalized spacial score (nSPS) is 11.1. The lowest BCUT2D eigenvalue weighted by Crippen LogP contribution is -2.05. The van der Waals surface area contributed by atoms with E-state index in [4.69, 9.17) is 0 Å². The number of aromatic hydroxyl groups is 4. The number of hydrogen-bond acceptors (Lipinski definition) is 5. The lowest BCUT2D eigenvalue weighted by Gasteiger charge is -2.22. The van der Waals surface area contributed by atoms with E-state index in [1.165, 1.54) is 0 Å². The predicted octanol–water partition coefficient (Wildman–Crippen LogP) is 7.62. The molecule has 0 bridgehead atoms. The van der Waals surface area contributed by atoms with Gasteiger partial charge in [0.25, 0.3) is 0 Å². The van der Waals surface area contributed by atoms with E-state index in [0.29, 0.717) is 22.3 Å². The second-order valence-electron chi connectivity index (χ2n) is 9.07. The van der Waals surface area contributed by atoms with E-state index in [-0.39, 0.29) is 28.9 Å². The molecule has 37 heavy (non-hydrogen) atoms. The van der Waals surface area contributed by atoms with E-state index in [1.54, 1.807) is 48.5 Å². The molecule has 0 radical (unpaired) electrons. The van der Waals surface area contributed by atoms with Crippen molar-refractivity contribution in [3.63, 3.8) is 0 Å². The third-order valence-electron chi connectivity index (χ3n) is 6.65. The molecule has 5 rings (SSSR count). The molecule has 0 spiro atoms. The van der Waals surface area contributed by atoms with Crippen molar-refractivity contribution in [1.29, 1.82) is 0 Å². The molecule has 0 amide bonds. The zero-order valence-corrected chi connectivity index (χ0v) is 21.0. The molecule has 4 N–H and O–H groups in total. The largest absolute Gasteiger partial charge is 0.507 e. The number of hydrogen-bond donors (Lipinski definition) is 5. The fraction of sp³-hybridized carbons (Fsp3) is 0.0625. The Kier molecular flexibility index (Phi) is 6.55. The Morgan fingerprint density at radius 1 is 0.486 bits per heavy atom. The molecule has 5 heteroatoms. The number of phenols is 4. The molecule has 0 saturated heterocycles. The van der Waals surface area contributed by atoms with Crippen LogP contribution in [0.25, 0.3) is 22.3 Å². The van der Waals surface area contributed by atoms with Crippen molar-refractivity contribution in [2.24, 2.45) is 0 Å². The minimum absolute atomic E-state index is 0.0616. The first-order valence-electron chi connectivity index (χ1n) is 11.9. The maximum Gasteiger partial charge on any atom is 0.123 e. The van der Waals surface area contributed by atoms with Gasteiger partial charge in [0.05, 0.1) is 0 Å². The molecule has 0 aliphatic rings. The standard InChI is InChI=1S/C32H26O4S/c1-19-16-20(12-15-31(19)37)32(21-10-13-29(35)25(17-21)23-6-2-4-8-27(23)33)22-11-14-30(36)26(18-22)24-7-3-5-9-28(24)34/h2-18,32-37H,1H3. The topological polar surface area (TPSA) is 80.9 Å². The summed E-state index contributed by atoms with van der Waals surface area (Å²) in [5, 5.41) is 42.3. The fourth-order valence-electron chi connectivity index (χ4n) is 4.74. The summed E-state index contributed by atoms with van der Waals surface area (Å²) >= 11 is 4.54.